The average Bonchev–Trinajstić information content (AvgIpc) is 2.76. The minimum Gasteiger partial charge on any atom is -0.487 e. The van der Waals surface area contributed by atoms with E-state index in [-0.39, 0.29) is 5.02 Å². The molecule has 0 aliphatic carbocycles. The molecule has 0 bridgehead atoms. The molecule has 0 unspecified atom stereocenters. The Morgan fingerprint density at radius 1 is 1.21 bits per heavy atom. The number of alkyl halides is 3. The molecule has 1 atom stereocenters. The van der Waals surface area contributed by atoms with Gasteiger partial charge in [0.15, 0.2) is 0 Å². The number of benzene rings is 2. The zero-order valence-corrected chi connectivity index (χ0v) is 20.5. The molecule has 11 heteroatoms. The van der Waals surface area contributed by atoms with E-state index in [2.05, 4.69) is 5.32 Å². The van der Waals surface area contributed by atoms with Crippen molar-refractivity contribution in [3.05, 3.63) is 58.6 Å². The molecule has 0 fully saturated rings. The van der Waals surface area contributed by atoms with Crippen molar-refractivity contribution in [3.8, 4) is 5.75 Å². The lowest BCUT2D eigenvalue weighted by molar-refractivity contribution is -0.137. The number of carbonyl (C=O) groups is 1. The van der Waals surface area contributed by atoms with Crippen LogP contribution in [0, 0.1) is 0 Å². The molecule has 6 nitrogen and oxygen atoms in total. The van der Waals surface area contributed by atoms with Crippen molar-refractivity contribution in [2.24, 2.45) is 0 Å². The number of nitrogens with zero attached hydrogens (tertiary/aromatic N) is 1. The van der Waals surface area contributed by atoms with Crippen molar-refractivity contribution in [2.45, 2.75) is 50.9 Å². The Morgan fingerprint density at radius 2 is 1.85 bits per heavy atom. The monoisotopic (exact) mass is 518 g/mol. The summed E-state index contributed by atoms with van der Waals surface area (Å²) in [5, 5.41) is 2.62. The van der Waals surface area contributed by atoms with Crippen molar-refractivity contribution < 1.29 is 31.1 Å². The second-order valence-corrected chi connectivity index (χ2v) is 10.6. The number of hydrogen-bond donors (Lipinski definition) is 1. The fourth-order valence-electron chi connectivity index (χ4n) is 4.06. The first-order chi connectivity index (χ1) is 15.8. The Labute approximate surface area is 202 Å². The van der Waals surface area contributed by atoms with Crippen LogP contribution in [-0.4, -0.2) is 32.7 Å². The van der Waals surface area contributed by atoms with Gasteiger partial charge in [-0.1, -0.05) is 43.6 Å². The number of anilines is 1. The Kier molecular flexibility index (Phi) is 7.43. The highest BCUT2D eigenvalue weighted by Crippen LogP contribution is 2.42. The number of nitrogens with one attached hydrogen (secondary N) is 1. The molecule has 0 aromatic heterocycles. The van der Waals surface area contributed by atoms with E-state index in [4.69, 9.17) is 16.3 Å². The molecule has 1 aliphatic heterocycles. The third-order valence-electron chi connectivity index (χ3n) is 6.05. The molecule has 0 saturated heterocycles. The number of para-hydroxylation sites is 1. The summed E-state index contributed by atoms with van der Waals surface area (Å²) in [5.41, 5.74) is -1.25. The molecule has 2 aromatic rings. The van der Waals surface area contributed by atoms with Gasteiger partial charge in [-0.3, -0.25) is 9.10 Å². The zero-order valence-electron chi connectivity index (χ0n) is 18.9. The number of hydrogen-bond acceptors (Lipinski definition) is 4. The lowest BCUT2D eigenvalue weighted by Gasteiger charge is -2.41. The van der Waals surface area contributed by atoms with Crippen LogP contribution < -0.4 is 14.4 Å². The summed E-state index contributed by atoms with van der Waals surface area (Å²) in [6.07, 6.45) is -2.05. The van der Waals surface area contributed by atoms with Crippen molar-refractivity contribution >= 4 is 33.2 Å². The van der Waals surface area contributed by atoms with Crippen molar-refractivity contribution in [3.63, 3.8) is 0 Å². The third-order valence-corrected chi connectivity index (χ3v) is 7.50. The van der Waals surface area contributed by atoms with Crippen LogP contribution in [0.3, 0.4) is 0 Å². The average molecular weight is 519 g/mol. The van der Waals surface area contributed by atoms with Gasteiger partial charge in [-0.15, -0.1) is 0 Å². The lowest BCUT2D eigenvalue weighted by Crippen LogP contribution is -2.47. The smallest absolute Gasteiger partial charge is 0.416 e. The summed E-state index contributed by atoms with van der Waals surface area (Å²) >= 11 is 6.04. The van der Waals surface area contributed by atoms with Gasteiger partial charge in [0.25, 0.3) is 0 Å². The molecule has 3 rings (SSSR count). The van der Waals surface area contributed by atoms with Crippen LogP contribution in [0.1, 0.15) is 50.3 Å². The molecular formula is C23H26ClF3N2O4S. The van der Waals surface area contributed by atoms with Gasteiger partial charge < -0.3 is 10.1 Å². The van der Waals surface area contributed by atoms with Gasteiger partial charge >= 0.3 is 6.18 Å². The van der Waals surface area contributed by atoms with E-state index in [0.717, 1.165) is 24.0 Å². The maximum absolute atomic E-state index is 13.2. The lowest BCUT2D eigenvalue weighted by atomic mass is 9.83. The molecule has 1 aliphatic rings. The topological polar surface area (TPSA) is 75.7 Å². The molecular weight excluding hydrogens is 493 g/mol. The summed E-state index contributed by atoms with van der Waals surface area (Å²) in [7, 11) is -4.14. The maximum atomic E-state index is 13.2. The highest BCUT2D eigenvalue weighted by molar-refractivity contribution is 7.92. The maximum Gasteiger partial charge on any atom is 0.416 e. The fourth-order valence-corrected chi connectivity index (χ4v) is 5.19. The fraction of sp³-hybridized carbons (Fsp3) is 0.435. The number of ether oxygens (including phenoxy) is 1. The number of fused-ring (bicyclic) bond motifs is 1. The molecule has 34 heavy (non-hydrogen) atoms. The first-order valence-corrected chi connectivity index (χ1v) is 12.9. The Morgan fingerprint density at radius 3 is 2.44 bits per heavy atom. The zero-order chi connectivity index (χ0) is 25.3. The SMILES string of the molecule is CCC1(CC)C[C@H](NC(=O)CN(c2cc(C(F)(F)F)ccc2Cl)S(C)(=O)=O)c2ccccc2O1. The van der Waals surface area contributed by atoms with E-state index in [0.29, 0.717) is 35.4 Å². The minimum atomic E-state index is -4.71. The molecule has 1 heterocycles. The van der Waals surface area contributed by atoms with Gasteiger partial charge in [0.05, 0.1) is 28.6 Å². The van der Waals surface area contributed by atoms with Crippen LogP contribution in [-0.2, 0) is 21.0 Å². The second kappa shape index (κ2) is 9.65. The highest BCUT2D eigenvalue weighted by atomic mass is 35.5. The summed E-state index contributed by atoms with van der Waals surface area (Å²) in [4.78, 5) is 13.0. The van der Waals surface area contributed by atoms with Crippen LogP contribution in [0.4, 0.5) is 18.9 Å². The van der Waals surface area contributed by atoms with Crippen LogP contribution in [0.25, 0.3) is 0 Å². The summed E-state index contributed by atoms with van der Waals surface area (Å²) in [6.45, 7) is 3.24. The molecule has 1 N–H and O–H groups in total. The van der Waals surface area contributed by atoms with E-state index in [1.54, 1.807) is 12.1 Å². The van der Waals surface area contributed by atoms with Gasteiger partial charge in [-0.2, -0.15) is 13.2 Å². The number of rotatable bonds is 7. The predicted octanol–water partition coefficient (Wildman–Crippen LogP) is 5.32. The predicted molar refractivity (Wildman–Crippen MR) is 125 cm³/mol. The number of sulfonamides is 1. The van der Waals surface area contributed by atoms with Crippen LogP contribution in [0.2, 0.25) is 5.02 Å². The van der Waals surface area contributed by atoms with E-state index >= 15 is 0 Å². The third kappa shape index (κ3) is 5.60. The molecule has 0 saturated carbocycles. The highest BCUT2D eigenvalue weighted by Gasteiger charge is 2.39. The standard InChI is InChI=1S/C23H26ClF3N2O4S/c1-4-22(5-2)13-18(16-8-6-7-9-20(16)33-22)28-21(30)14-29(34(3,31)32)19-12-15(23(25,26)27)10-11-17(19)24/h6-12,18H,4-5,13-14H2,1-3H3,(H,28,30)/t18-/m0/s1. The first kappa shape index (κ1) is 26.2. The van der Waals surface area contributed by atoms with E-state index < -0.39 is 51.5 Å². The van der Waals surface area contributed by atoms with Gasteiger partial charge in [0.1, 0.15) is 17.9 Å². The molecule has 1 amide bonds. The number of amides is 1. The van der Waals surface area contributed by atoms with Gasteiger partial charge in [-0.25, -0.2) is 8.42 Å². The molecule has 2 aromatic carbocycles. The Hall–Kier alpha value is -2.46. The molecule has 186 valence electrons. The van der Waals surface area contributed by atoms with Gasteiger partial charge in [0.2, 0.25) is 15.9 Å². The van der Waals surface area contributed by atoms with E-state index in [9.17, 15) is 26.4 Å². The van der Waals surface area contributed by atoms with Gasteiger partial charge in [-0.05, 0) is 37.1 Å². The molecule has 0 spiro atoms. The second-order valence-electron chi connectivity index (χ2n) is 8.29. The van der Waals surface area contributed by atoms with Gasteiger partial charge in [0, 0.05) is 12.0 Å². The first-order valence-electron chi connectivity index (χ1n) is 10.7. The quantitative estimate of drug-likeness (QED) is 0.538. The van der Waals surface area contributed by atoms with Crippen molar-refractivity contribution in [1.82, 2.24) is 5.32 Å². The number of halogens is 4. The Bertz CT molecular complexity index is 1170. The normalized spacial score (nSPS) is 17.4. The summed E-state index contributed by atoms with van der Waals surface area (Å²) in [5.74, 6) is -0.0506. The Balaban J connectivity index is 1.91. The van der Waals surface area contributed by atoms with Crippen LogP contribution >= 0.6 is 11.6 Å². The van der Waals surface area contributed by atoms with E-state index in [1.807, 2.05) is 26.0 Å². The van der Waals surface area contributed by atoms with Crippen LogP contribution in [0.5, 0.6) is 5.75 Å². The van der Waals surface area contributed by atoms with Crippen molar-refractivity contribution in [1.29, 1.82) is 0 Å². The summed E-state index contributed by atoms with van der Waals surface area (Å²) in [6, 6.07) is 9.11. The number of carbonyl (C=O) groups excluding carboxylic acids is 1. The largest absolute Gasteiger partial charge is 0.487 e. The van der Waals surface area contributed by atoms with Crippen molar-refractivity contribution in [2.75, 3.05) is 17.1 Å². The van der Waals surface area contributed by atoms with Crippen LogP contribution in [0.15, 0.2) is 42.5 Å². The van der Waals surface area contributed by atoms with E-state index in [1.165, 1.54) is 0 Å². The minimum absolute atomic E-state index is 0.224. The summed E-state index contributed by atoms with van der Waals surface area (Å²) < 4.78 is 71.3. The molecule has 0 radical (unpaired) electrons.